The third-order valence-electron chi connectivity index (χ3n) is 7.93. The Balaban J connectivity index is 1.23. The monoisotopic (exact) mass is 469 g/mol. The molecule has 6 nitrogen and oxygen atoms in total. The second-order valence-electron chi connectivity index (χ2n) is 10.1. The van der Waals surface area contributed by atoms with E-state index in [1.807, 2.05) is 11.8 Å². The Kier molecular flexibility index (Phi) is 6.82. The third-order valence-corrected chi connectivity index (χ3v) is 7.93. The second kappa shape index (κ2) is 10.2. The van der Waals surface area contributed by atoms with E-state index in [0.29, 0.717) is 11.6 Å². The molecule has 1 amide bonds. The standard InChI is InChI=1S/C29H35N5O/c1-23-27(21-30-22-31-23)28(35)32-19-15-29(2,16-20-32)33-17-13-26(14-18-33)34(24-9-5-3-6-10-24)25-11-7-4-8-12-25/h3-12,21-22,26H,13-20H2,1-2H3. The molecule has 0 spiro atoms. The molecule has 0 aliphatic carbocycles. The first-order chi connectivity index (χ1) is 17.0. The highest BCUT2D eigenvalue weighted by Gasteiger charge is 2.39. The lowest BCUT2D eigenvalue weighted by molar-refractivity contribution is 0.0176. The number of anilines is 2. The predicted molar refractivity (Wildman–Crippen MR) is 140 cm³/mol. The quantitative estimate of drug-likeness (QED) is 0.521. The first-order valence-electron chi connectivity index (χ1n) is 12.8. The maximum absolute atomic E-state index is 13.0. The zero-order valence-electron chi connectivity index (χ0n) is 20.8. The van der Waals surface area contributed by atoms with E-state index in [2.05, 4.69) is 87.4 Å². The average Bonchev–Trinajstić information content (AvgIpc) is 2.91. The number of carbonyl (C=O) groups is 1. The number of para-hydroxylation sites is 2. The molecule has 2 aromatic carbocycles. The van der Waals surface area contributed by atoms with Crippen LogP contribution in [0.25, 0.3) is 0 Å². The number of aromatic nitrogens is 2. The van der Waals surface area contributed by atoms with Crippen LogP contribution >= 0.6 is 0 Å². The molecular weight excluding hydrogens is 434 g/mol. The highest BCUT2D eigenvalue weighted by molar-refractivity contribution is 5.95. The van der Waals surface area contributed by atoms with Crippen LogP contribution in [0.1, 0.15) is 48.7 Å². The van der Waals surface area contributed by atoms with Crippen molar-refractivity contribution >= 4 is 17.3 Å². The number of hydrogen-bond acceptors (Lipinski definition) is 5. The molecule has 2 saturated heterocycles. The summed E-state index contributed by atoms with van der Waals surface area (Å²) in [4.78, 5) is 28.4. The van der Waals surface area contributed by atoms with Crippen LogP contribution in [-0.2, 0) is 0 Å². The number of amides is 1. The molecule has 0 saturated carbocycles. The summed E-state index contributed by atoms with van der Waals surface area (Å²) in [6.07, 6.45) is 7.40. The van der Waals surface area contributed by atoms with Crippen LogP contribution in [0.5, 0.6) is 0 Å². The smallest absolute Gasteiger partial charge is 0.257 e. The van der Waals surface area contributed by atoms with Gasteiger partial charge in [-0.15, -0.1) is 0 Å². The third kappa shape index (κ3) is 4.94. The van der Waals surface area contributed by atoms with Crippen molar-refractivity contribution in [2.75, 3.05) is 31.1 Å². The lowest BCUT2D eigenvalue weighted by Gasteiger charge is -2.50. The molecule has 2 fully saturated rings. The summed E-state index contributed by atoms with van der Waals surface area (Å²) in [5.41, 5.74) is 4.03. The molecule has 0 N–H and O–H groups in total. The summed E-state index contributed by atoms with van der Waals surface area (Å²) < 4.78 is 0. The minimum atomic E-state index is 0.0604. The SMILES string of the molecule is Cc1ncncc1C(=O)N1CCC(C)(N2CCC(N(c3ccccc3)c3ccccc3)CC2)CC1. The molecule has 3 heterocycles. The van der Waals surface area contributed by atoms with Gasteiger partial charge >= 0.3 is 0 Å². The summed E-state index contributed by atoms with van der Waals surface area (Å²) >= 11 is 0. The number of nitrogens with zero attached hydrogens (tertiary/aromatic N) is 5. The van der Waals surface area contributed by atoms with Crippen molar-refractivity contribution < 1.29 is 4.79 Å². The van der Waals surface area contributed by atoms with Crippen molar-refractivity contribution in [1.29, 1.82) is 0 Å². The zero-order valence-corrected chi connectivity index (χ0v) is 20.8. The summed E-state index contributed by atoms with van der Waals surface area (Å²) in [6, 6.07) is 22.0. The van der Waals surface area contributed by atoms with E-state index < -0.39 is 0 Å². The van der Waals surface area contributed by atoms with Gasteiger partial charge in [0.1, 0.15) is 6.33 Å². The molecule has 0 unspecified atom stereocenters. The molecule has 3 aromatic rings. The van der Waals surface area contributed by atoms with Gasteiger partial charge in [-0.05, 0) is 63.8 Å². The number of hydrogen-bond donors (Lipinski definition) is 0. The van der Waals surface area contributed by atoms with Gasteiger partial charge in [0.2, 0.25) is 0 Å². The fourth-order valence-corrected chi connectivity index (χ4v) is 5.69. The van der Waals surface area contributed by atoms with E-state index in [4.69, 9.17) is 0 Å². The highest BCUT2D eigenvalue weighted by Crippen LogP contribution is 2.36. The zero-order chi connectivity index (χ0) is 24.3. The van der Waals surface area contributed by atoms with Crippen molar-refractivity contribution in [2.45, 2.75) is 51.1 Å². The molecule has 0 bridgehead atoms. The Bertz CT molecular complexity index is 1080. The Labute approximate surface area is 208 Å². The van der Waals surface area contributed by atoms with E-state index >= 15 is 0 Å². The van der Waals surface area contributed by atoms with Crippen molar-refractivity contribution in [3.05, 3.63) is 84.4 Å². The van der Waals surface area contributed by atoms with Crippen molar-refractivity contribution in [1.82, 2.24) is 19.8 Å². The lowest BCUT2D eigenvalue weighted by Crippen LogP contribution is -2.57. The fourth-order valence-electron chi connectivity index (χ4n) is 5.69. The van der Waals surface area contributed by atoms with E-state index in [1.165, 1.54) is 17.7 Å². The van der Waals surface area contributed by atoms with Crippen molar-refractivity contribution in [2.24, 2.45) is 0 Å². The van der Waals surface area contributed by atoms with Gasteiger partial charge in [0.05, 0.1) is 11.3 Å². The van der Waals surface area contributed by atoms with Crippen molar-refractivity contribution in [3.8, 4) is 0 Å². The van der Waals surface area contributed by atoms with E-state index in [1.54, 1.807) is 6.20 Å². The lowest BCUT2D eigenvalue weighted by atomic mass is 9.85. The predicted octanol–water partition coefficient (Wildman–Crippen LogP) is 5.08. The van der Waals surface area contributed by atoms with Gasteiger partial charge in [0.25, 0.3) is 5.91 Å². The van der Waals surface area contributed by atoms with Crippen LogP contribution in [0, 0.1) is 6.92 Å². The first kappa shape index (κ1) is 23.5. The number of piperidine rings is 2. The van der Waals surface area contributed by atoms with Gasteiger partial charge in [-0.25, -0.2) is 9.97 Å². The summed E-state index contributed by atoms with van der Waals surface area (Å²) in [5, 5.41) is 0. The largest absolute Gasteiger partial charge is 0.338 e. The van der Waals surface area contributed by atoms with Gasteiger partial charge < -0.3 is 9.80 Å². The van der Waals surface area contributed by atoms with E-state index in [9.17, 15) is 4.79 Å². The fraction of sp³-hybridized carbons (Fsp3) is 0.414. The summed E-state index contributed by atoms with van der Waals surface area (Å²) in [6.45, 7) is 7.99. The van der Waals surface area contributed by atoms with Gasteiger partial charge in [-0.1, -0.05) is 36.4 Å². The minimum absolute atomic E-state index is 0.0604. The maximum atomic E-state index is 13.0. The Morgan fingerprint density at radius 3 is 2.03 bits per heavy atom. The van der Waals surface area contributed by atoms with Gasteiger partial charge in [-0.3, -0.25) is 9.69 Å². The molecule has 182 valence electrons. The maximum Gasteiger partial charge on any atom is 0.257 e. The molecule has 6 heteroatoms. The van der Waals surface area contributed by atoms with Crippen LogP contribution in [0.3, 0.4) is 0 Å². The molecule has 35 heavy (non-hydrogen) atoms. The Hall–Kier alpha value is -3.25. The summed E-state index contributed by atoms with van der Waals surface area (Å²) in [5.74, 6) is 0.0604. The minimum Gasteiger partial charge on any atom is -0.338 e. The number of rotatable bonds is 5. The molecule has 5 rings (SSSR count). The van der Waals surface area contributed by atoms with Crippen LogP contribution in [-0.4, -0.2) is 63.4 Å². The first-order valence-corrected chi connectivity index (χ1v) is 12.8. The second-order valence-corrected chi connectivity index (χ2v) is 10.1. The van der Waals surface area contributed by atoms with Gasteiger partial charge in [0, 0.05) is 55.3 Å². The van der Waals surface area contributed by atoms with E-state index in [-0.39, 0.29) is 11.4 Å². The molecular formula is C29H35N5O. The van der Waals surface area contributed by atoms with Gasteiger partial charge in [-0.2, -0.15) is 0 Å². The van der Waals surface area contributed by atoms with Crippen LogP contribution in [0.2, 0.25) is 0 Å². The number of likely N-dealkylation sites (tertiary alicyclic amines) is 2. The topological polar surface area (TPSA) is 52.6 Å². The van der Waals surface area contributed by atoms with Crippen LogP contribution < -0.4 is 4.90 Å². The van der Waals surface area contributed by atoms with Crippen LogP contribution in [0.4, 0.5) is 11.4 Å². The Morgan fingerprint density at radius 1 is 0.914 bits per heavy atom. The molecule has 1 aromatic heterocycles. The van der Waals surface area contributed by atoms with Crippen LogP contribution in [0.15, 0.2) is 73.2 Å². The molecule has 2 aliphatic rings. The van der Waals surface area contributed by atoms with E-state index in [0.717, 1.165) is 57.6 Å². The molecule has 0 atom stereocenters. The number of aryl methyl sites for hydroxylation is 1. The Morgan fingerprint density at radius 2 is 1.49 bits per heavy atom. The summed E-state index contributed by atoms with van der Waals surface area (Å²) in [7, 11) is 0. The average molecular weight is 470 g/mol. The molecule has 2 aliphatic heterocycles. The normalized spacial score (nSPS) is 18.9. The van der Waals surface area contributed by atoms with Gasteiger partial charge in [0.15, 0.2) is 0 Å². The molecule has 0 radical (unpaired) electrons. The highest BCUT2D eigenvalue weighted by atomic mass is 16.2. The number of carbonyl (C=O) groups excluding carboxylic acids is 1. The van der Waals surface area contributed by atoms with Crippen molar-refractivity contribution in [3.63, 3.8) is 0 Å². The number of benzene rings is 2.